The molecule has 0 amide bonds. The molecule has 0 aliphatic carbocycles. The summed E-state index contributed by atoms with van der Waals surface area (Å²) in [6.45, 7) is 4.49. The van der Waals surface area contributed by atoms with Crippen molar-refractivity contribution in [1.29, 1.82) is 5.26 Å². The maximum Gasteiger partial charge on any atom is 0.348 e. The maximum atomic E-state index is 11.6. The molecule has 0 bridgehead atoms. The third-order valence-electron chi connectivity index (χ3n) is 2.58. The predicted molar refractivity (Wildman–Crippen MR) is 79.0 cm³/mol. The van der Waals surface area contributed by atoms with E-state index in [9.17, 15) is 4.79 Å². The Bertz CT molecular complexity index is 558. The summed E-state index contributed by atoms with van der Waals surface area (Å²) in [5.74, 6) is 0.552. The van der Waals surface area contributed by atoms with E-state index in [1.165, 1.54) is 6.08 Å². The molecule has 1 rings (SSSR count). The first kappa shape index (κ1) is 16.6. The van der Waals surface area contributed by atoms with Crippen molar-refractivity contribution in [2.75, 3.05) is 20.3 Å². The van der Waals surface area contributed by atoms with Crippen LogP contribution in [0.4, 0.5) is 0 Å². The van der Waals surface area contributed by atoms with Gasteiger partial charge in [0, 0.05) is 0 Å². The Labute approximate surface area is 124 Å². The molecule has 21 heavy (non-hydrogen) atoms. The highest BCUT2D eigenvalue weighted by Gasteiger charge is 2.11. The van der Waals surface area contributed by atoms with Crippen LogP contribution in [0.15, 0.2) is 23.8 Å². The molecule has 0 fully saturated rings. The van der Waals surface area contributed by atoms with Gasteiger partial charge in [0.15, 0.2) is 11.5 Å². The van der Waals surface area contributed by atoms with E-state index in [1.807, 2.05) is 13.0 Å². The average Bonchev–Trinajstić information content (AvgIpc) is 2.50. The number of nitrogens with zero attached hydrogens (tertiary/aromatic N) is 1. The van der Waals surface area contributed by atoms with Crippen LogP contribution in [0.5, 0.6) is 11.5 Å². The summed E-state index contributed by atoms with van der Waals surface area (Å²) < 4.78 is 15.6. The van der Waals surface area contributed by atoms with Crippen molar-refractivity contribution in [2.24, 2.45) is 0 Å². The summed E-state index contributed by atoms with van der Waals surface area (Å²) in [6.07, 6.45) is 2.34. The van der Waals surface area contributed by atoms with Crippen LogP contribution >= 0.6 is 0 Å². The molecular formula is C16H19NO4. The van der Waals surface area contributed by atoms with E-state index >= 15 is 0 Å². The topological polar surface area (TPSA) is 68.5 Å². The van der Waals surface area contributed by atoms with Gasteiger partial charge in [0.1, 0.15) is 11.6 Å². The van der Waals surface area contributed by atoms with Gasteiger partial charge in [-0.15, -0.1) is 0 Å². The molecule has 112 valence electrons. The van der Waals surface area contributed by atoms with Crippen LogP contribution in [0.3, 0.4) is 0 Å². The third-order valence-corrected chi connectivity index (χ3v) is 2.58. The van der Waals surface area contributed by atoms with E-state index in [1.54, 1.807) is 32.2 Å². The van der Waals surface area contributed by atoms with Gasteiger partial charge in [-0.1, -0.05) is 13.0 Å². The lowest BCUT2D eigenvalue weighted by molar-refractivity contribution is -0.137. The molecule has 0 saturated heterocycles. The van der Waals surface area contributed by atoms with Crippen LogP contribution in [0, 0.1) is 11.3 Å². The second kappa shape index (κ2) is 8.64. The highest BCUT2D eigenvalue weighted by atomic mass is 16.5. The largest absolute Gasteiger partial charge is 0.493 e. The second-order valence-electron chi connectivity index (χ2n) is 4.15. The first-order chi connectivity index (χ1) is 10.2. The quantitative estimate of drug-likeness (QED) is 0.438. The molecule has 0 N–H and O–H groups in total. The van der Waals surface area contributed by atoms with Crippen LogP contribution in [-0.2, 0) is 9.53 Å². The molecule has 1 aromatic carbocycles. The van der Waals surface area contributed by atoms with Gasteiger partial charge in [-0.3, -0.25) is 0 Å². The molecule has 0 saturated carbocycles. The van der Waals surface area contributed by atoms with Crippen LogP contribution in [0.2, 0.25) is 0 Å². The number of rotatable bonds is 7. The van der Waals surface area contributed by atoms with Crippen molar-refractivity contribution >= 4 is 12.0 Å². The van der Waals surface area contributed by atoms with E-state index < -0.39 is 5.97 Å². The highest BCUT2D eigenvalue weighted by Crippen LogP contribution is 2.29. The summed E-state index contributed by atoms with van der Waals surface area (Å²) in [4.78, 5) is 11.6. The Morgan fingerprint density at radius 3 is 2.67 bits per heavy atom. The van der Waals surface area contributed by atoms with Crippen molar-refractivity contribution in [3.05, 3.63) is 29.3 Å². The predicted octanol–water partition coefficient (Wildman–Crippen LogP) is 2.95. The molecule has 0 heterocycles. The Kier molecular flexibility index (Phi) is 6.82. The minimum absolute atomic E-state index is 0.0524. The number of esters is 1. The number of ether oxygens (including phenoxy) is 3. The number of hydrogen-bond donors (Lipinski definition) is 0. The molecular weight excluding hydrogens is 270 g/mol. The summed E-state index contributed by atoms with van der Waals surface area (Å²) in [6, 6.07) is 7.05. The number of methoxy groups -OCH3 is 1. The van der Waals surface area contributed by atoms with Gasteiger partial charge < -0.3 is 14.2 Å². The summed E-state index contributed by atoms with van der Waals surface area (Å²) in [5, 5.41) is 9.02. The van der Waals surface area contributed by atoms with Gasteiger partial charge in [-0.25, -0.2) is 4.79 Å². The lowest BCUT2D eigenvalue weighted by atomic mass is 10.1. The molecule has 0 aliphatic rings. The van der Waals surface area contributed by atoms with Gasteiger partial charge in [-0.05, 0) is 37.1 Å². The van der Waals surface area contributed by atoms with Crippen LogP contribution in [0.25, 0.3) is 6.08 Å². The zero-order valence-corrected chi connectivity index (χ0v) is 12.5. The van der Waals surface area contributed by atoms with E-state index in [4.69, 9.17) is 19.5 Å². The van der Waals surface area contributed by atoms with Crippen LogP contribution in [-0.4, -0.2) is 26.3 Å². The first-order valence-corrected chi connectivity index (χ1v) is 6.76. The van der Waals surface area contributed by atoms with Crippen LogP contribution in [0.1, 0.15) is 25.8 Å². The Balaban J connectivity index is 3.07. The molecule has 0 radical (unpaired) electrons. The zero-order chi connectivity index (χ0) is 15.7. The van der Waals surface area contributed by atoms with Crippen molar-refractivity contribution < 1.29 is 19.0 Å². The lowest BCUT2D eigenvalue weighted by Gasteiger charge is -2.10. The number of carbonyl (C=O) groups is 1. The minimum atomic E-state index is -0.633. The highest BCUT2D eigenvalue weighted by molar-refractivity contribution is 5.97. The Morgan fingerprint density at radius 1 is 1.33 bits per heavy atom. The zero-order valence-electron chi connectivity index (χ0n) is 12.5. The molecule has 0 atom stereocenters. The summed E-state index contributed by atoms with van der Waals surface area (Å²) in [5.41, 5.74) is 0.620. The fourth-order valence-corrected chi connectivity index (χ4v) is 1.62. The van der Waals surface area contributed by atoms with Gasteiger partial charge in [0.05, 0.1) is 20.3 Å². The second-order valence-corrected chi connectivity index (χ2v) is 4.15. The molecule has 0 unspecified atom stereocenters. The molecule has 0 spiro atoms. The van der Waals surface area contributed by atoms with E-state index in [2.05, 4.69) is 0 Å². The Hall–Kier alpha value is -2.48. The van der Waals surface area contributed by atoms with Gasteiger partial charge >= 0.3 is 5.97 Å². The van der Waals surface area contributed by atoms with E-state index in [-0.39, 0.29) is 12.2 Å². The molecule has 0 aromatic heterocycles. The smallest absolute Gasteiger partial charge is 0.348 e. The number of hydrogen-bond acceptors (Lipinski definition) is 5. The van der Waals surface area contributed by atoms with E-state index in [0.717, 1.165) is 6.42 Å². The van der Waals surface area contributed by atoms with E-state index in [0.29, 0.717) is 23.7 Å². The normalized spacial score (nSPS) is 10.7. The molecule has 5 heteroatoms. The monoisotopic (exact) mass is 289 g/mol. The lowest BCUT2D eigenvalue weighted by Crippen LogP contribution is -2.06. The van der Waals surface area contributed by atoms with Crippen molar-refractivity contribution in [3.8, 4) is 17.6 Å². The maximum absolute atomic E-state index is 11.6. The van der Waals surface area contributed by atoms with Gasteiger partial charge in [0.25, 0.3) is 0 Å². The van der Waals surface area contributed by atoms with Crippen LogP contribution < -0.4 is 9.47 Å². The summed E-state index contributed by atoms with van der Waals surface area (Å²) in [7, 11) is 1.56. The van der Waals surface area contributed by atoms with Crippen molar-refractivity contribution in [3.63, 3.8) is 0 Å². The van der Waals surface area contributed by atoms with Crippen molar-refractivity contribution in [1.82, 2.24) is 0 Å². The fourth-order valence-electron chi connectivity index (χ4n) is 1.62. The minimum Gasteiger partial charge on any atom is -0.493 e. The Morgan fingerprint density at radius 2 is 2.10 bits per heavy atom. The van der Waals surface area contributed by atoms with Gasteiger partial charge in [0.2, 0.25) is 0 Å². The van der Waals surface area contributed by atoms with Gasteiger partial charge in [-0.2, -0.15) is 5.26 Å². The first-order valence-electron chi connectivity index (χ1n) is 6.76. The number of nitriles is 1. The summed E-state index contributed by atoms with van der Waals surface area (Å²) >= 11 is 0. The number of benzene rings is 1. The molecule has 5 nitrogen and oxygen atoms in total. The van der Waals surface area contributed by atoms with Crippen molar-refractivity contribution in [2.45, 2.75) is 20.3 Å². The molecule has 0 aliphatic heterocycles. The molecule has 1 aromatic rings. The fraction of sp³-hybridized carbons (Fsp3) is 0.375. The third kappa shape index (κ3) is 4.84. The SMILES string of the molecule is CCCOc1cc(/C=C(\C#N)C(=O)OCC)ccc1OC. The average molecular weight is 289 g/mol. The number of carbonyl (C=O) groups excluding carboxylic acids is 1. The standard InChI is InChI=1S/C16H19NO4/c1-4-8-21-15-10-12(6-7-14(15)19-3)9-13(11-17)16(18)20-5-2/h6-7,9-10H,4-5,8H2,1-3H3/b13-9+.